The molecular weight excluding hydrogens is 196 g/mol. The van der Waals surface area contributed by atoms with Crippen molar-refractivity contribution in [1.82, 2.24) is 0 Å². The van der Waals surface area contributed by atoms with Gasteiger partial charge in [0.1, 0.15) is 0 Å². The van der Waals surface area contributed by atoms with E-state index < -0.39 is 0 Å². The third kappa shape index (κ3) is 2.22. The number of rotatable bonds is 2. The summed E-state index contributed by atoms with van der Waals surface area (Å²) in [4.78, 5) is 0. The SMILES string of the molecule is CC(C)c1ccccc1N1C=CC=CC=N1. The van der Waals surface area contributed by atoms with E-state index in [0.29, 0.717) is 5.92 Å². The van der Waals surface area contributed by atoms with Crippen molar-refractivity contribution in [3.05, 3.63) is 54.3 Å². The lowest BCUT2D eigenvalue weighted by Crippen LogP contribution is -2.09. The van der Waals surface area contributed by atoms with Crippen LogP contribution in [0.3, 0.4) is 0 Å². The summed E-state index contributed by atoms with van der Waals surface area (Å²) in [6.07, 6.45) is 9.67. The normalized spacial score (nSPS) is 14.6. The molecule has 1 aliphatic heterocycles. The molecule has 82 valence electrons. The minimum absolute atomic E-state index is 0.496. The summed E-state index contributed by atoms with van der Waals surface area (Å²) in [5, 5.41) is 6.28. The zero-order chi connectivity index (χ0) is 11.4. The van der Waals surface area contributed by atoms with Crippen molar-refractivity contribution in [2.75, 3.05) is 5.01 Å². The molecule has 0 fully saturated rings. The fraction of sp³-hybridized carbons (Fsp3) is 0.214. The Balaban J connectivity index is 2.39. The summed E-state index contributed by atoms with van der Waals surface area (Å²) in [7, 11) is 0. The number of hydrazone groups is 1. The van der Waals surface area contributed by atoms with E-state index in [1.807, 2.05) is 35.5 Å². The van der Waals surface area contributed by atoms with Gasteiger partial charge in [-0.25, -0.2) is 5.01 Å². The van der Waals surface area contributed by atoms with E-state index in [1.165, 1.54) is 5.56 Å². The first kappa shape index (κ1) is 10.7. The van der Waals surface area contributed by atoms with Gasteiger partial charge in [0.05, 0.1) is 5.69 Å². The van der Waals surface area contributed by atoms with Gasteiger partial charge in [0.25, 0.3) is 0 Å². The van der Waals surface area contributed by atoms with Gasteiger partial charge in [-0.05, 0) is 29.7 Å². The van der Waals surface area contributed by atoms with Crippen LogP contribution in [0.5, 0.6) is 0 Å². The molecule has 2 nitrogen and oxygen atoms in total. The van der Waals surface area contributed by atoms with E-state index in [2.05, 4.69) is 37.1 Å². The summed E-state index contributed by atoms with van der Waals surface area (Å²) in [6.45, 7) is 4.39. The number of allylic oxidation sites excluding steroid dienone is 3. The average Bonchev–Trinajstić information content (AvgIpc) is 2.57. The van der Waals surface area contributed by atoms with Gasteiger partial charge in [0, 0.05) is 12.4 Å². The summed E-state index contributed by atoms with van der Waals surface area (Å²) in [5.41, 5.74) is 2.46. The van der Waals surface area contributed by atoms with Gasteiger partial charge in [0.2, 0.25) is 0 Å². The standard InChI is InChI=1S/C14H16N2/c1-12(2)13-8-4-5-9-14(13)16-11-7-3-6-10-15-16/h3-12H,1-2H3. The first-order valence-corrected chi connectivity index (χ1v) is 5.54. The Hall–Kier alpha value is -1.83. The van der Waals surface area contributed by atoms with Crippen molar-refractivity contribution in [3.8, 4) is 0 Å². The van der Waals surface area contributed by atoms with E-state index >= 15 is 0 Å². The van der Waals surface area contributed by atoms with E-state index in [0.717, 1.165) is 5.69 Å². The predicted octanol–water partition coefficient (Wildman–Crippen LogP) is 3.69. The maximum Gasteiger partial charge on any atom is 0.0680 e. The molecule has 16 heavy (non-hydrogen) atoms. The van der Waals surface area contributed by atoms with Crippen molar-refractivity contribution >= 4 is 11.9 Å². The van der Waals surface area contributed by atoms with Crippen molar-refractivity contribution in [2.24, 2.45) is 5.10 Å². The van der Waals surface area contributed by atoms with Crippen molar-refractivity contribution in [3.63, 3.8) is 0 Å². The van der Waals surface area contributed by atoms with Crippen molar-refractivity contribution < 1.29 is 0 Å². The van der Waals surface area contributed by atoms with Crippen LogP contribution in [0.2, 0.25) is 0 Å². The summed E-state index contributed by atoms with van der Waals surface area (Å²) in [6, 6.07) is 8.37. The highest BCUT2D eigenvalue weighted by Crippen LogP contribution is 2.27. The molecule has 1 heterocycles. The lowest BCUT2D eigenvalue weighted by Gasteiger charge is -2.19. The van der Waals surface area contributed by atoms with Gasteiger partial charge < -0.3 is 0 Å². The molecule has 0 atom stereocenters. The van der Waals surface area contributed by atoms with E-state index in [4.69, 9.17) is 0 Å². The largest absolute Gasteiger partial charge is 0.241 e. The van der Waals surface area contributed by atoms with Crippen LogP contribution in [0.25, 0.3) is 0 Å². The topological polar surface area (TPSA) is 15.6 Å². The molecular formula is C14H16N2. The fourth-order valence-electron chi connectivity index (χ4n) is 1.72. The van der Waals surface area contributed by atoms with Gasteiger partial charge in [-0.3, -0.25) is 0 Å². The number of benzene rings is 1. The zero-order valence-electron chi connectivity index (χ0n) is 9.67. The minimum Gasteiger partial charge on any atom is -0.241 e. The Morgan fingerprint density at radius 2 is 1.88 bits per heavy atom. The lowest BCUT2D eigenvalue weighted by atomic mass is 10.0. The van der Waals surface area contributed by atoms with E-state index in [1.54, 1.807) is 6.21 Å². The maximum absolute atomic E-state index is 4.37. The molecule has 0 spiro atoms. The molecule has 1 aromatic carbocycles. The van der Waals surface area contributed by atoms with Crippen LogP contribution in [-0.4, -0.2) is 6.21 Å². The lowest BCUT2D eigenvalue weighted by molar-refractivity contribution is 0.857. The number of anilines is 1. The molecule has 0 radical (unpaired) electrons. The van der Waals surface area contributed by atoms with Crippen molar-refractivity contribution in [1.29, 1.82) is 0 Å². The van der Waals surface area contributed by atoms with E-state index in [9.17, 15) is 0 Å². The molecule has 0 saturated carbocycles. The molecule has 1 aliphatic rings. The predicted molar refractivity (Wildman–Crippen MR) is 69.8 cm³/mol. The Bertz CT molecular complexity index is 426. The second-order valence-electron chi connectivity index (χ2n) is 4.05. The monoisotopic (exact) mass is 212 g/mol. The molecule has 0 amide bonds. The third-order valence-corrected chi connectivity index (χ3v) is 2.53. The molecule has 0 bridgehead atoms. The van der Waals surface area contributed by atoms with Crippen LogP contribution < -0.4 is 5.01 Å². The number of hydrogen-bond donors (Lipinski definition) is 0. The number of hydrogen-bond acceptors (Lipinski definition) is 2. The van der Waals surface area contributed by atoms with Crippen LogP contribution in [0, 0.1) is 0 Å². The second-order valence-corrected chi connectivity index (χ2v) is 4.05. The van der Waals surface area contributed by atoms with Gasteiger partial charge in [-0.15, -0.1) is 0 Å². The highest BCUT2D eigenvalue weighted by molar-refractivity contribution is 5.74. The Kier molecular flexibility index (Phi) is 3.20. The second kappa shape index (κ2) is 4.79. The summed E-state index contributed by atoms with van der Waals surface area (Å²) < 4.78 is 0. The van der Waals surface area contributed by atoms with Crippen LogP contribution in [-0.2, 0) is 0 Å². The fourth-order valence-corrected chi connectivity index (χ4v) is 1.72. The molecule has 0 aromatic heterocycles. The van der Waals surface area contributed by atoms with Gasteiger partial charge in [0.15, 0.2) is 0 Å². The van der Waals surface area contributed by atoms with Crippen LogP contribution >= 0.6 is 0 Å². The molecule has 0 unspecified atom stereocenters. The first-order valence-electron chi connectivity index (χ1n) is 5.54. The molecule has 2 heteroatoms. The quantitative estimate of drug-likeness (QED) is 0.730. The number of para-hydroxylation sites is 1. The van der Waals surface area contributed by atoms with Crippen molar-refractivity contribution in [2.45, 2.75) is 19.8 Å². The maximum atomic E-state index is 4.37. The van der Waals surface area contributed by atoms with E-state index in [-0.39, 0.29) is 0 Å². The van der Waals surface area contributed by atoms with Gasteiger partial charge in [-0.2, -0.15) is 5.10 Å². The van der Waals surface area contributed by atoms with Crippen LogP contribution in [0.4, 0.5) is 5.69 Å². The van der Waals surface area contributed by atoms with Gasteiger partial charge in [-0.1, -0.05) is 38.1 Å². The number of nitrogens with zero attached hydrogens (tertiary/aromatic N) is 2. The Labute approximate surface area is 96.6 Å². The van der Waals surface area contributed by atoms with Gasteiger partial charge >= 0.3 is 0 Å². The van der Waals surface area contributed by atoms with Crippen LogP contribution in [0.1, 0.15) is 25.3 Å². The van der Waals surface area contributed by atoms with Crippen LogP contribution in [0.15, 0.2) is 53.8 Å². The minimum atomic E-state index is 0.496. The zero-order valence-corrected chi connectivity index (χ0v) is 9.67. The summed E-state index contributed by atoms with van der Waals surface area (Å²) >= 11 is 0. The molecule has 0 N–H and O–H groups in total. The smallest absolute Gasteiger partial charge is 0.0680 e. The third-order valence-electron chi connectivity index (χ3n) is 2.53. The Morgan fingerprint density at radius 3 is 2.69 bits per heavy atom. The Morgan fingerprint density at radius 1 is 1.06 bits per heavy atom. The first-order chi connectivity index (χ1) is 7.79. The highest BCUT2D eigenvalue weighted by atomic mass is 15.4. The highest BCUT2D eigenvalue weighted by Gasteiger charge is 2.10. The average molecular weight is 212 g/mol. The molecule has 0 saturated heterocycles. The molecule has 0 aliphatic carbocycles. The molecule has 2 rings (SSSR count). The summed E-state index contributed by atoms with van der Waals surface area (Å²) in [5.74, 6) is 0.496. The molecule has 1 aromatic rings.